The molecule has 1 saturated heterocycles. The number of ether oxygens (including phenoxy) is 1. The Balaban J connectivity index is 1.86. The van der Waals surface area contributed by atoms with Crippen LogP contribution in [-0.4, -0.2) is 28.5 Å². The maximum absolute atomic E-state index is 13.8. The third-order valence-electron chi connectivity index (χ3n) is 3.79. The van der Waals surface area contributed by atoms with Gasteiger partial charge in [-0.3, -0.25) is 19.3 Å². The second kappa shape index (κ2) is 8.57. The Morgan fingerprint density at radius 3 is 2.71 bits per heavy atom. The molecular formula is C19H14BrFN2O4S. The first kappa shape index (κ1) is 20.1. The van der Waals surface area contributed by atoms with Crippen molar-refractivity contribution in [3.05, 3.63) is 68.8 Å². The number of amides is 3. The zero-order chi connectivity index (χ0) is 20.3. The van der Waals surface area contributed by atoms with Gasteiger partial charge in [0.15, 0.2) is 0 Å². The van der Waals surface area contributed by atoms with Gasteiger partial charge in [-0.05, 0) is 42.1 Å². The van der Waals surface area contributed by atoms with Gasteiger partial charge in [-0.1, -0.05) is 34.1 Å². The van der Waals surface area contributed by atoms with Gasteiger partial charge in [-0.25, -0.2) is 4.39 Å². The molecule has 0 unspecified atom stereocenters. The van der Waals surface area contributed by atoms with Crippen molar-refractivity contribution in [2.24, 2.45) is 5.73 Å². The highest BCUT2D eigenvalue weighted by Gasteiger charge is 2.36. The molecule has 0 radical (unpaired) electrons. The van der Waals surface area contributed by atoms with E-state index in [2.05, 4.69) is 15.9 Å². The summed E-state index contributed by atoms with van der Waals surface area (Å²) in [6, 6.07) is 11.4. The lowest BCUT2D eigenvalue weighted by molar-refractivity contribution is -0.127. The Hall–Kier alpha value is -2.65. The lowest BCUT2D eigenvalue weighted by Gasteiger charge is -2.11. The number of nitrogens with zero attached hydrogens (tertiary/aromatic N) is 1. The minimum Gasteiger partial charge on any atom is -0.488 e. The number of carbonyl (C=O) groups is 3. The van der Waals surface area contributed by atoms with Crippen molar-refractivity contribution in [3.63, 3.8) is 0 Å². The molecule has 0 aromatic heterocycles. The van der Waals surface area contributed by atoms with Gasteiger partial charge in [0.1, 0.15) is 24.7 Å². The molecule has 1 heterocycles. The first-order chi connectivity index (χ1) is 13.3. The molecule has 144 valence electrons. The fraction of sp³-hybridized carbons (Fsp3) is 0.105. The van der Waals surface area contributed by atoms with E-state index in [9.17, 15) is 18.8 Å². The molecule has 0 aliphatic carbocycles. The van der Waals surface area contributed by atoms with Crippen LogP contribution in [0.5, 0.6) is 5.75 Å². The normalized spacial score (nSPS) is 15.4. The van der Waals surface area contributed by atoms with Crippen LogP contribution in [0, 0.1) is 5.82 Å². The molecule has 1 aliphatic rings. The van der Waals surface area contributed by atoms with Crippen LogP contribution >= 0.6 is 27.7 Å². The van der Waals surface area contributed by atoms with Crippen LogP contribution in [0.4, 0.5) is 9.18 Å². The Morgan fingerprint density at radius 2 is 2.00 bits per heavy atom. The molecule has 0 bridgehead atoms. The number of nitrogens with two attached hydrogens (primary N) is 1. The van der Waals surface area contributed by atoms with E-state index >= 15 is 0 Å². The molecule has 2 N–H and O–H groups in total. The Kier molecular flexibility index (Phi) is 6.15. The van der Waals surface area contributed by atoms with E-state index in [1.54, 1.807) is 36.4 Å². The van der Waals surface area contributed by atoms with Crippen LogP contribution < -0.4 is 10.5 Å². The van der Waals surface area contributed by atoms with Crippen molar-refractivity contribution in [1.82, 2.24) is 4.90 Å². The quantitative estimate of drug-likeness (QED) is 0.658. The third kappa shape index (κ3) is 4.60. The highest BCUT2D eigenvalue weighted by atomic mass is 79.9. The van der Waals surface area contributed by atoms with E-state index in [-0.39, 0.29) is 17.3 Å². The van der Waals surface area contributed by atoms with Crippen LogP contribution in [0.3, 0.4) is 0 Å². The smallest absolute Gasteiger partial charge is 0.294 e. The lowest BCUT2D eigenvalue weighted by Crippen LogP contribution is -2.36. The average molecular weight is 465 g/mol. The van der Waals surface area contributed by atoms with Crippen molar-refractivity contribution in [2.75, 3.05) is 6.54 Å². The van der Waals surface area contributed by atoms with Crippen molar-refractivity contribution < 1.29 is 23.5 Å². The van der Waals surface area contributed by atoms with Gasteiger partial charge >= 0.3 is 0 Å². The SMILES string of the molecule is NC(=O)CN1C(=O)S/C(=C\c2cc(Br)ccc2OCc2ccccc2F)C1=O. The summed E-state index contributed by atoms with van der Waals surface area (Å²) in [4.78, 5) is 36.3. The number of rotatable bonds is 6. The summed E-state index contributed by atoms with van der Waals surface area (Å²) in [7, 11) is 0. The molecule has 0 atom stereocenters. The second-order valence-corrected chi connectivity index (χ2v) is 7.71. The highest BCUT2D eigenvalue weighted by molar-refractivity contribution is 9.10. The van der Waals surface area contributed by atoms with E-state index in [4.69, 9.17) is 10.5 Å². The van der Waals surface area contributed by atoms with Gasteiger partial charge in [0, 0.05) is 15.6 Å². The first-order valence-electron chi connectivity index (χ1n) is 8.04. The number of primary amides is 1. The number of hydrogen-bond donors (Lipinski definition) is 1. The van der Waals surface area contributed by atoms with Gasteiger partial charge in [0.05, 0.1) is 4.91 Å². The number of thioether (sulfide) groups is 1. The van der Waals surface area contributed by atoms with Crippen LogP contribution in [0.1, 0.15) is 11.1 Å². The molecule has 1 fully saturated rings. The second-order valence-electron chi connectivity index (χ2n) is 5.80. The molecule has 3 rings (SSSR count). The average Bonchev–Trinajstić information content (AvgIpc) is 2.89. The van der Waals surface area contributed by atoms with Crippen LogP contribution in [0.15, 0.2) is 51.8 Å². The predicted molar refractivity (Wildman–Crippen MR) is 107 cm³/mol. The zero-order valence-electron chi connectivity index (χ0n) is 14.4. The summed E-state index contributed by atoms with van der Waals surface area (Å²) in [5, 5.41) is -0.570. The fourth-order valence-electron chi connectivity index (χ4n) is 2.47. The molecule has 6 nitrogen and oxygen atoms in total. The van der Waals surface area contributed by atoms with Gasteiger partial charge < -0.3 is 10.5 Å². The molecular weight excluding hydrogens is 451 g/mol. The maximum atomic E-state index is 13.8. The van der Waals surface area contributed by atoms with E-state index in [1.165, 1.54) is 12.1 Å². The Bertz CT molecular complexity index is 996. The lowest BCUT2D eigenvalue weighted by atomic mass is 10.1. The van der Waals surface area contributed by atoms with E-state index in [1.807, 2.05) is 0 Å². The topological polar surface area (TPSA) is 89.7 Å². The Labute approximate surface area is 172 Å². The molecule has 0 spiro atoms. The van der Waals surface area contributed by atoms with Crippen molar-refractivity contribution in [1.29, 1.82) is 0 Å². The standard InChI is InChI=1S/C19H14BrFN2O4S/c20-13-5-6-15(27-10-11-3-1-2-4-14(11)21)12(7-13)8-16-18(25)23(9-17(22)24)19(26)28-16/h1-8H,9-10H2,(H2,22,24)/b16-8-. The van der Waals surface area contributed by atoms with Crippen molar-refractivity contribution in [3.8, 4) is 5.75 Å². The van der Waals surface area contributed by atoms with E-state index < -0.39 is 23.6 Å². The number of halogens is 2. The molecule has 1 aliphatic heterocycles. The number of imide groups is 1. The molecule has 28 heavy (non-hydrogen) atoms. The molecule has 0 saturated carbocycles. The maximum Gasteiger partial charge on any atom is 0.294 e. The zero-order valence-corrected chi connectivity index (χ0v) is 16.8. The number of carbonyl (C=O) groups excluding carboxylic acids is 3. The predicted octanol–water partition coefficient (Wildman–Crippen LogP) is 3.69. The largest absolute Gasteiger partial charge is 0.488 e. The first-order valence-corrected chi connectivity index (χ1v) is 9.65. The summed E-state index contributed by atoms with van der Waals surface area (Å²) in [6.07, 6.45) is 1.49. The van der Waals surface area contributed by atoms with Crippen molar-refractivity contribution in [2.45, 2.75) is 6.61 Å². The highest BCUT2D eigenvalue weighted by Crippen LogP contribution is 2.35. The summed E-state index contributed by atoms with van der Waals surface area (Å²) in [6.45, 7) is -0.477. The minimum atomic E-state index is -0.778. The van der Waals surface area contributed by atoms with Gasteiger partial charge in [-0.15, -0.1) is 0 Å². The summed E-state index contributed by atoms with van der Waals surface area (Å²) in [5.41, 5.74) is 5.99. The molecule has 3 amide bonds. The summed E-state index contributed by atoms with van der Waals surface area (Å²) in [5.74, 6) is -1.35. The molecule has 9 heteroatoms. The summed E-state index contributed by atoms with van der Waals surface area (Å²) < 4.78 is 20.3. The molecule has 2 aromatic rings. The van der Waals surface area contributed by atoms with Crippen LogP contribution in [0.2, 0.25) is 0 Å². The summed E-state index contributed by atoms with van der Waals surface area (Å²) >= 11 is 4.06. The molecule has 2 aromatic carbocycles. The van der Waals surface area contributed by atoms with E-state index in [0.717, 1.165) is 9.37 Å². The van der Waals surface area contributed by atoms with Gasteiger partial charge in [-0.2, -0.15) is 0 Å². The number of benzene rings is 2. The van der Waals surface area contributed by atoms with E-state index in [0.29, 0.717) is 28.6 Å². The third-order valence-corrected chi connectivity index (χ3v) is 5.19. The van der Waals surface area contributed by atoms with Gasteiger partial charge in [0.25, 0.3) is 11.1 Å². The monoisotopic (exact) mass is 464 g/mol. The fourth-order valence-corrected chi connectivity index (χ4v) is 3.68. The number of hydrogen-bond acceptors (Lipinski definition) is 5. The van der Waals surface area contributed by atoms with Crippen LogP contribution in [-0.2, 0) is 16.2 Å². The Morgan fingerprint density at radius 1 is 1.25 bits per heavy atom. The van der Waals surface area contributed by atoms with Gasteiger partial charge in [0.2, 0.25) is 5.91 Å². The minimum absolute atomic E-state index is 0.00169. The van der Waals surface area contributed by atoms with Crippen molar-refractivity contribution >= 4 is 50.8 Å². The van der Waals surface area contributed by atoms with Crippen LogP contribution in [0.25, 0.3) is 6.08 Å².